The Kier molecular flexibility index (Phi) is 6.70. The predicted octanol–water partition coefficient (Wildman–Crippen LogP) is 5.79. The van der Waals surface area contributed by atoms with Crippen molar-refractivity contribution in [3.8, 4) is 0 Å². The number of ketones is 1. The Balaban J connectivity index is 2.25. The van der Waals surface area contributed by atoms with E-state index in [4.69, 9.17) is 0 Å². The van der Waals surface area contributed by atoms with E-state index in [0.29, 0.717) is 22.4 Å². The number of nitrogens with zero attached hydrogens (tertiary/aromatic N) is 2. The number of aliphatic imine (C=N–C) groups is 1. The smallest absolute Gasteiger partial charge is 0.284 e. The van der Waals surface area contributed by atoms with Gasteiger partial charge in [-0.05, 0) is 35.1 Å². The molecule has 172 valence electrons. The van der Waals surface area contributed by atoms with Crippen molar-refractivity contribution in [2.75, 3.05) is 0 Å². The fourth-order valence-electron chi connectivity index (χ4n) is 3.40. The molecule has 0 spiro atoms. The molecule has 3 rings (SSSR count). The van der Waals surface area contributed by atoms with Gasteiger partial charge < -0.3 is 0 Å². The van der Waals surface area contributed by atoms with Crippen molar-refractivity contribution in [3.05, 3.63) is 89.5 Å². The van der Waals surface area contributed by atoms with Gasteiger partial charge in [-0.25, -0.2) is 4.99 Å². The molecule has 2 aromatic carbocycles. The number of carbonyl (C=O) groups excluding carboxylic acids is 1. The number of allylic oxidation sites excluding steroid dienone is 4. The van der Waals surface area contributed by atoms with E-state index in [0.717, 1.165) is 0 Å². The maximum atomic E-state index is 13.2. The molecule has 0 aliphatic heterocycles. The Hall–Kier alpha value is -3.12. The largest absolute Gasteiger partial charge is 0.289 e. The molecule has 1 aliphatic carbocycles. The third-order valence-electron chi connectivity index (χ3n) is 5.20. The van der Waals surface area contributed by atoms with Gasteiger partial charge in [0.25, 0.3) is 10.0 Å². The van der Waals surface area contributed by atoms with Gasteiger partial charge in [-0.2, -0.15) is 8.42 Å². The van der Waals surface area contributed by atoms with Crippen LogP contribution in [0, 0.1) is 10.8 Å². The van der Waals surface area contributed by atoms with Gasteiger partial charge in [0.2, 0.25) is 0 Å². The zero-order valence-corrected chi connectivity index (χ0v) is 20.8. The first-order valence-electron chi connectivity index (χ1n) is 10.8. The van der Waals surface area contributed by atoms with Crippen LogP contribution in [0.4, 0.5) is 0 Å². The monoisotopic (exact) mass is 462 g/mol. The Labute approximate surface area is 196 Å². The minimum Gasteiger partial charge on any atom is -0.289 e. The lowest BCUT2D eigenvalue weighted by Gasteiger charge is -2.31. The lowest BCUT2D eigenvalue weighted by molar-refractivity contribution is -0.114. The summed E-state index contributed by atoms with van der Waals surface area (Å²) in [6, 6.07) is 17.0. The molecule has 0 N–H and O–H groups in total. The molecule has 2 aromatic rings. The second-order valence-corrected chi connectivity index (χ2v) is 11.7. The summed E-state index contributed by atoms with van der Waals surface area (Å²) in [6.45, 7) is 11.9. The number of hydrogen-bond donors (Lipinski definition) is 0. The molecule has 0 aromatic heterocycles. The highest BCUT2D eigenvalue weighted by molar-refractivity contribution is 7.90. The molecule has 33 heavy (non-hydrogen) atoms. The molecule has 0 saturated carbocycles. The Morgan fingerprint density at radius 3 is 1.64 bits per heavy atom. The van der Waals surface area contributed by atoms with Crippen LogP contribution in [0.15, 0.2) is 98.2 Å². The second-order valence-electron chi connectivity index (χ2n) is 10.1. The molecule has 1 aliphatic rings. The van der Waals surface area contributed by atoms with Crippen LogP contribution >= 0.6 is 0 Å². The zero-order valence-electron chi connectivity index (χ0n) is 20.0. The van der Waals surface area contributed by atoms with Gasteiger partial charge >= 0.3 is 0 Å². The Morgan fingerprint density at radius 1 is 0.727 bits per heavy atom. The summed E-state index contributed by atoms with van der Waals surface area (Å²) in [6.07, 6.45) is 3.48. The summed E-state index contributed by atoms with van der Waals surface area (Å²) >= 11 is 0. The van der Waals surface area contributed by atoms with Crippen molar-refractivity contribution < 1.29 is 13.2 Å². The van der Waals surface area contributed by atoms with Crippen molar-refractivity contribution in [3.63, 3.8) is 0 Å². The average molecular weight is 463 g/mol. The molecule has 0 fully saturated rings. The minimum absolute atomic E-state index is 0.0101. The van der Waals surface area contributed by atoms with E-state index in [9.17, 15) is 13.2 Å². The summed E-state index contributed by atoms with van der Waals surface area (Å²) in [5.74, 6) is 0.0573. The van der Waals surface area contributed by atoms with E-state index in [2.05, 4.69) is 9.39 Å². The standard InChI is InChI=1S/C27H30N2O3S/c1-26(2,3)22-17-20(18-23(24(22)30)27(4,5)6)28-25(19-13-9-7-10-14-19)29-33(31,32)21-15-11-8-12-16-21/h7-18H,1-6H3. The molecule has 0 saturated heterocycles. The molecular weight excluding hydrogens is 432 g/mol. The van der Waals surface area contributed by atoms with Gasteiger partial charge in [0.1, 0.15) is 0 Å². The van der Waals surface area contributed by atoms with E-state index < -0.39 is 20.9 Å². The predicted molar refractivity (Wildman–Crippen MR) is 134 cm³/mol. The zero-order chi connectivity index (χ0) is 24.4. The summed E-state index contributed by atoms with van der Waals surface area (Å²) in [7, 11) is -3.98. The molecule has 5 nitrogen and oxygen atoms in total. The molecule has 0 bridgehead atoms. The van der Waals surface area contributed by atoms with Crippen LogP contribution in [-0.4, -0.2) is 25.7 Å². The summed E-state index contributed by atoms with van der Waals surface area (Å²) < 4.78 is 30.1. The number of sulfonamides is 1. The highest BCUT2D eigenvalue weighted by Gasteiger charge is 2.34. The molecule has 0 atom stereocenters. The number of Topliss-reactive ketones (excluding diaryl/α,β-unsaturated/α-hetero) is 1. The number of amidine groups is 1. The van der Waals surface area contributed by atoms with Gasteiger partial charge in [0.05, 0.1) is 10.6 Å². The minimum atomic E-state index is -3.98. The van der Waals surface area contributed by atoms with Gasteiger partial charge in [-0.1, -0.05) is 90.1 Å². The third kappa shape index (κ3) is 5.82. The number of carbonyl (C=O) groups is 1. The molecule has 0 heterocycles. The van der Waals surface area contributed by atoms with E-state index in [-0.39, 0.29) is 16.5 Å². The van der Waals surface area contributed by atoms with Gasteiger partial charge in [-0.3, -0.25) is 4.79 Å². The van der Waals surface area contributed by atoms with E-state index in [1.54, 1.807) is 54.6 Å². The van der Waals surface area contributed by atoms with Gasteiger partial charge in [0.15, 0.2) is 11.6 Å². The summed E-state index contributed by atoms with van der Waals surface area (Å²) in [5, 5.41) is 0. The van der Waals surface area contributed by atoms with Crippen LogP contribution in [0.25, 0.3) is 0 Å². The SMILES string of the molecule is CC(C)(C)C1=CC(=NC(=NS(=O)(=O)c2ccccc2)c2ccccc2)C=C(C(C)(C)C)C1=O. The quantitative estimate of drug-likeness (QED) is 0.329. The van der Waals surface area contributed by atoms with Crippen LogP contribution in [0.3, 0.4) is 0 Å². The molecule has 0 amide bonds. The van der Waals surface area contributed by atoms with Crippen LogP contribution in [0.5, 0.6) is 0 Å². The number of benzene rings is 2. The van der Waals surface area contributed by atoms with Crippen molar-refractivity contribution in [1.82, 2.24) is 0 Å². The van der Waals surface area contributed by atoms with Crippen molar-refractivity contribution in [1.29, 1.82) is 0 Å². The van der Waals surface area contributed by atoms with Crippen molar-refractivity contribution in [2.45, 2.75) is 46.4 Å². The average Bonchev–Trinajstić information content (AvgIpc) is 2.74. The van der Waals surface area contributed by atoms with Crippen LogP contribution in [0.1, 0.15) is 47.1 Å². The van der Waals surface area contributed by atoms with Crippen molar-refractivity contribution in [2.24, 2.45) is 20.2 Å². The fraction of sp³-hybridized carbons (Fsp3) is 0.296. The molecule has 6 heteroatoms. The number of hydrogen-bond acceptors (Lipinski definition) is 3. The topological polar surface area (TPSA) is 75.9 Å². The maximum absolute atomic E-state index is 13.2. The molecule has 0 unspecified atom stereocenters. The van der Waals surface area contributed by atoms with Crippen LogP contribution in [-0.2, 0) is 14.8 Å². The van der Waals surface area contributed by atoms with Crippen molar-refractivity contribution >= 4 is 27.4 Å². The van der Waals surface area contributed by atoms with Gasteiger partial charge in [-0.15, -0.1) is 4.40 Å². The highest BCUT2D eigenvalue weighted by Crippen LogP contribution is 2.37. The van der Waals surface area contributed by atoms with E-state index >= 15 is 0 Å². The Bertz CT molecular complexity index is 1230. The lowest BCUT2D eigenvalue weighted by atomic mass is 9.72. The highest BCUT2D eigenvalue weighted by atomic mass is 32.2. The second kappa shape index (κ2) is 9.02. The first-order valence-corrected chi connectivity index (χ1v) is 12.3. The number of rotatable bonds is 3. The Morgan fingerprint density at radius 2 is 1.18 bits per heavy atom. The first kappa shape index (κ1) is 24.5. The maximum Gasteiger partial charge on any atom is 0.284 e. The van der Waals surface area contributed by atoms with Crippen LogP contribution in [0.2, 0.25) is 0 Å². The summed E-state index contributed by atoms with van der Waals surface area (Å²) in [5.41, 5.74) is 1.53. The fourth-order valence-corrected chi connectivity index (χ4v) is 4.38. The summed E-state index contributed by atoms with van der Waals surface area (Å²) in [4.78, 5) is 18.0. The van der Waals surface area contributed by atoms with Crippen LogP contribution < -0.4 is 0 Å². The molecule has 0 radical (unpaired) electrons. The lowest BCUT2D eigenvalue weighted by Crippen LogP contribution is -2.29. The van der Waals surface area contributed by atoms with Gasteiger partial charge in [0, 0.05) is 16.7 Å². The van der Waals surface area contributed by atoms with E-state index in [1.807, 2.05) is 47.6 Å². The molecular formula is C27H30N2O3S. The normalized spacial score (nSPS) is 15.8. The third-order valence-corrected chi connectivity index (χ3v) is 6.49. The first-order chi connectivity index (χ1) is 15.3. The van der Waals surface area contributed by atoms with E-state index in [1.165, 1.54) is 12.1 Å².